The summed E-state index contributed by atoms with van der Waals surface area (Å²) in [4.78, 5) is 24.4. The molecule has 0 aliphatic rings. The topological polar surface area (TPSA) is 76.7 Å². The number of methoxy groups -OCH3 is 1. The van der Waals surface area contributed by atoms with Gasteiger partial charge in [-0.2, -0.15) is 0 Å². The highest BCUT2D eigenvalue weighted by Crippen LogP contribution is 2.23. The number of para-hydroxylation sites is 2. The van der Waals surface area contributed by atoms with E-state index in [1.54, 1.807) is 39.0 Å². The summed E-state index contributed by atoms with van der Waals surface area (Å²) >= 11 is 0. The molecule has 0 spiro atoms. The van der Waals surface area contributed by atoms with E-state index < -0.39 is 17.7 Å². The molecule has 1 rings (SSSR count). The van der Waals surface area contributed by atoms with E-state index in [-0.39, 0.29) is 11.8 Å². The zero-order valence-electron chi connectivity index (χ0n) is 14.6. The predicted molar refractivity (Wildman–Crippen MR) is 89.6 cm³/mol. The number of amides is 2. The first-order valence-electron chi connectivity index (χ1n) is 7.57. The van der Waals surface area contributed by atoms with E-state index in [1.165, 1.54) is 7.11 Å². The van der Waals surface area contributed by atoms with Gasteiger partial charge < -0.3 is 20.1 Å². The van der Waals surface area contributed by atoms with E-state index in [2.05, 4.69) is 10.6 Å². The molecule has 0 aromatic heterocycles. The molecule has 0 heterocycles. The fraction of sp³-hybridized carbons (Fsp3) is 0.529. The molecule has 128 valence electrons. The molecular formula is C17H26N2O4. The van der Waals surface area contributed by atoms with E-state index in [4.69, 9.17) is 9.47 Å². The van der Waals surface area contributed by atoms with Crippen LogP contribution in [0.15, 0.2) is 24.3 Å². The molecule has 2 N–H and O–H groups in total. The number of hydrogen-bond acceptors (Lipinski definition) is 4. The number of anilines is 1. The minimum absolute atomic E-state index is 0.0998. The fourth-order valence-corrected chi connectivity index (χ4v) is 1.93. The summed E-state index contributed by atoms with van der Waals surface area (Å²) < 4.78 is 10.4. The third kappa shape index (κ3) is 6.18. The van der Waals surface area contributed by atoms with Gasteiger partial charge in [0.2, 0.25) is 5.91 Å². The highest BCUT2D eigenvalue weighted by molar-refractivity contribution is 5.97. The zero-order chi connectivity index (χ0) is 17.6. The lowest BCUT2D eigenvalue weighted by Crippen LogP contribution is -2.48. The maximum atomic E-state index is 12.5. The summed E-state index contributed by atoms with van der Waals surface area (Å²) in [5, 5.41) is 5.39. The molecule has 1 aromatic rings. The third-order valence-corrected chi connectivity index (χ3v) is 2.99. The average Bonchev–Trinajstić information content (AvgIpc) is 2.43. The molecule has 0 unspecified atom stereocenters. The van der Waals surface area contributed by atoms with Crippen LogP contribution in [-0.2, 0) is 9.53 Å². The van der Waals surface area contributed by atoms with Crippen LogP contribution < -0.4 is 15.4 Å². The van der Waals surface area contributed by atoms with Crippen molar-refractivity contribution in [3.05, 3.63) is 24.3 Å². The Kier molecular flexibility index (Phi) is 6.42. The predicted octanol–water partition coefficient (Wildman–Crippen LogP) is 3.18. The summed E-state index contributed by atoms with van der Waals surface area (Å²) in [5.41, 5.74) is -0.0679. The Morgan fingerprint density at radius 2 is 1.74 bits per heavy atom. The van der Waals surface area contributed by atoms with Gasteiger partial charge in [0.25, 0.3) is 0 Å². The van der Waals surface area contributed by atoms with Gasteiger partial charge in [-0.1, -0.05) is 26.0 Å². The second-order valence-electron chi connectivity index (χ2n) is 6.56. The van der Waals surface area contributed by atoms with Crippen LogP contribution in [-0.4, -0.2) is 30.8 Å². The van der Waals surface area contributed by atoms with Crippen LogP contribution in [0, 0.1) is 5.92 Å². The number of alkyl carbamates (subject to hydrolysis) is 1. The molecule has 1 atom stereocenters. The van der Waals surface area contributed by atoms with E-state index in [0.717, 1.165) is 0 Å². The van der Waals surface area contributed by atoms with Gasteiger partial charge in [-0.25, -0.2) is 4.79 Å². The van der Waals surface area contributed by atoms with Crippen molar-refractivity contribution < 1.29 is 19.1 Å². The molecule has 2 amide bonds. The molecule has 6 nitrogen and oxygen atoms in total. The molecule has 0 fully saturated rings. The van der Waals surface area contributed by atoms with Crippen LogP contribution in [0.1, 0.15) is 34.6 Å². The Labute approximate surface area is 137 Å². The lowest BCUT2D eigenvalue weighted by molar-refractivity contribution is -0.119. The van der Waals surface area contributed by atoms with Crippen molar-refractivity contribution in [2.75, 3.05) is 12.4 Å². The third-order valence-electron chi connectivity index (χ3n) is 2.99. The second-order valence-corrected chi connectivity index (χ2v) is 6.56. The lowest BCUT2D eigenvalue weighted by atomic mass is 10.0. The van der Waals surface area contributed by atoms with Crippen LogP contribution in [0.2, 0.25) is 0 Å². The molecule has 0 aliphatic heterocycles. The Bertz CT molecular complexity index is 550. The lowest BCUT2D eigenvalue weighted by Gasteiger charge is -2.25. The quantitative estimate of drug-likeness (QED) is 0.873. The van der Waals surface area contributed by atoms with Crippen LogP contribution >= 0.6 is 0 Å². The molecule has 0 bridgehead atoms. The highest BCUT2D eigenvalue weighted by atomic mass is 16.6. The summed E-state index contributed by atoms with van der Waals surface area (Å²) in [7, 11) is 1.53. The first-order chi connectivity index (χ1) is 10.6. The van der Waals surface area contributed by atoms with Gasteiger partial charge in [-0.05, 0) is 38.8 Å². The average molecular weight is 322 g/mol. The number of carbonyl (C=O) groups excluding carboxylic acids is 2. The van der Waals surface area contributed by atoms with E-state index >= 15 is 0 Å². The first-order valence-corrected chi connectivity index (χ1v) is 7.57. The highest BCUT2D eigenvalue weighted by Gasteiger charge is 2.27. The summed E-state index contributed by atoms with van der Waals surface area (Å²) in [6.45, 7) is 9.01. The molecule has 1 aromatic carbocycles. The molecule has 0 radical (unpaired) electrons. The Hall–Kier alpha value is -2.24. The number of ether oxygens (including phenoxy) is 2. The molecular weight excluding hydrogens is 296 g/mol. The minimum Gasteiger partial charge on any atom is -0.495 e. The zero-order valence-corrected chi connectivity index (χ0v) is 14.6. The van der Waals surface area contributed by atoms with Crippen molar-refractivity contribution in [3.63, 3.8) is 0 Å². The molecule has 0 saturated heterocycles. The van der Waals surface area contributed by atoms with Crippen molar-refractivity contribution in [2.45, 2.75) is 46.3 Å². The van der Waals surface area contributed by atoms with Gasteiger partial charge in [0.05, 0.1) is 12.8 Å². The first kappa shape index (κ1) is 18.8. The standard InChI is InChI=1S/C17H26N2O4/c1-11(2)14(19-16(21)23-17(3,4)5)15(20)18-12-9-7-8-10-13(12)22-6/h7-11,14H,1-6H3,(H,18,20)(H,19,21)/t14-/m0/s1. The Morgan fingerprint density at radius 3 is 2.26 bits per heavy atom. The smallest absolute Gasteiger partial charge is 0.408 e. The summed E-state index contributed by atoms with van der Waals surface area (Å²) in [6, 6.07) is 6.38. The second kappa shape index (κ2) is 7.85. The Morgan fingerprint density at radius 1 is 1.13 bits per heavy atom. The fourth-order valence-electron chi connectivity index (χ4n) is 1.93. The van der Waals surface area contributed by atoms with Crippen LogP contribution in [0.5, 0.6) is 5.75 Å². The Balaban J connectivity index is 2.81. The van der Waals surface area contributed by atoms with E-state index in [0.29, 0.717) is 11.4 Å². The normalized spacial score (nSPS) is 12.5. The maximum Gasteiger partial charge on any atom is 0.408 e. The van der Waals surface area contributed by atoms with Crippen LogP contribution in [0.3, 0.4) is 0 Å². The van der Waals surface area contributed by atoms with Crippen molar-refractivity contribution in [2.24, 2.45) is 5.92 Å². The largest absolute Gasteiger partial charge is 0.495 e. The molecule has 23 heavy (non-hydrogen) atoms. The van der Waals surface area contributed by atoms with Gasteiger partial charge in [0.1, 0.15) is 17.4 Å². The number of nitrogens with one attached hydrogen (secondary N) is 2. The van der Waals surface area contributed by atoms with Gasteiger partial charge in [0.15, 0.2) is 0 Å². The monoisotopic (exact) mass is 322 g/mol. The number of carbonyl (C=O) groups is 2. The number of benzene rings is 1. The van der Waals surface area contributed by atoms with Gasteiger partial charge >= 0.3 is 6.09 Å². The summed E-state index contributed by atoms with van der Waals surface area (Å²) in [6.07, 6.45) is -0.619. The van der Waals surface area contributed by atoms with Crippen molar-refractivity contribution in [1.29, 1.82) is 0 Å². The van der Waals surface area contributed by atoms with Gasteiger partial charge in [-0.15, -0.1) is 0 Å². The van der Waals surface area contributed by atoms with E-state index in [1.807, 2.05) is 19.9 Å². The maximum absolute atomic E-state index is 12.5. The molecule has 6 heteroatoms. The minimum atomic E-state index is -0.713. The SMILES string of the molecule is COc1ccccc1NC(=O)[C@@H](NC(=O)OC(C)(C)C)C(C)C. The van der Waals surface area contributed by atoms with Crippen molar-refractivity contribution >= 4 is 17.7 Å². The molecule has 0 saturated carbocycles. The van der Waals surface area contributed by atoms with Crippen LogP contribution in [0.25, 0.3) is 0 Å². The van der Waals surface area contributed by atoms with Crippen molar-refractivity contribution in [3.8, 4) is 5.75 Å². The van der Waals surface area contributed by atoms with Crippen molar-refractivity contribution in [1.82, 2.24) is 5.32 Å². The van der Waals surface area contributed by atoms with Gasteiger partial charge in [-0.3, -0.25) is 4.79 Å². The number of rotatable bonds is 5. The van der Waals surface area contributed by atoms with Crippen LogP contribution in [0.4, 0.5) is 10.5 Å². The molecule has 0 aliphatic carbocycles. The van der Waals surface area contributed by atoms with Gasteiger partial charge in [0, 0.05) is 0 Å². The summed E-state index contributed by atoms with van der Waals surface area (Å²) in [5.74, 6) is 0.133. The van der Waals surface area contributed by atoms with E-state index in [9.17, 15) is 9.59 Å². The number of hydrogen-bond donors (Lipinski definition) is 2.